The van der Waals surface area contributed by atoms with Gasteiger partial charge in [0.2, 0.25) is 5.78 Å². The number of nitrogens with zero attached hydrogens (tertiary/aromatic N) is 1. The summed E-state index contributed by atoms with van der Waals surface area (Å²) in [4.78, 5) is 15.9. The Morgan fingerprint density at radius 1 is 1.32 bits per heavy atom. The minimum atomic E-state index is -2.96. The molecule has 4 heterocycles. The van der Waals surface area contributed by atoms with Crippen molar-refractivity contribution in [2.24, 2.45) is 0 Å². The second kappa shape index (κ2) is 6.43. The van der Waals surface area contributed by atoms with E-state index >= 15 is 0 Å². The van der Waals surface area contributed by atoms with E-state index in [2.05, 4.69) is 0 Å². The highest BCUT2D eigenvalue weighted by Gasteiger charge is 2.37. The van der Waals surface area contributed by atoms with Gasteiger partial charge in [-0.25, -0.2) is 8.42 Å². The molecule has 3 aliphatic heterocycles. The summed E-state index contributed by atoms with van der Waals surface area (Å²) in [6.07, 6.45) is 2.39. The van der Waals surface area contributed by atoms with E-state index in [0.29, 0.717) is 36.8 Å². The molecule has 3 aliphatic rings. The standard InChI is InChI=1S/C20H19NO5S2/c1-12-19-13(9-21(11-25-19)14-4-6-28(23,24)10-14)7-16-18(22)17(26-20(12)16)8-15-3-2-5-27-15/h2-3,5,7-8,14H,4,6,9-11H2,1H3/b17-8-. The number of sulfone groups is 1. The van der Waals surface area contributed by atoms with E-state index in [4.69, 9.17) is 9.47 Å². The highest BCUT2D eigenvalue weighted by Crippen LogP contribution is 2.43. The van der Waals surface area contributed by atoms with Gasteiger partial charge in [0.25, 0.3) is 0 Å². The van der Waals surface area contributed by atoms with Crippen LogP contribution in [0.4, 0.5) is 0 Å². The van der Waals surface area contributed by atoms with Gasteiger partial charge in [0.1, 0.15) is 18.2 Å². The van der Waals surface area contributed by atoms with Gasteiger partial charge in [0, 0.05) is 34.7 Å². The van der Waals surface area contributed by atoms with E-state index in [1.54, 1.807) is 17.4 Å². The highest BCUT2D eigenvalue weighted by molar-refractivity contribution is 7.91. The van der Waals surface area contributed by atoms with Crippen LogP contribution in [0.15, 0.2) is 29.3 Å². The molecule has 0 saturated carbocycles. The first-order chi connectivity index (χ1) is 13.4. The Balaban J connectivity index is 1.46. The molecule has 8 heteroatoms. The Morgan fingerprint density at radius 3 is 2.89 bits per heavy atom. The number of Topliss-reactive ketones (excluding diaryl/α,β-unsaturated/α-hetero) is 1. The maximum atomic E-state index is 12.9. The third-order valence-corrected chi connectivity index (χ3v) is 8.08. The Kier molecular flexibility index (Phi) is 4.12. The molecule has 0 N–H and O–H groups in total. The van der Waals surface area contributed by atoms with E-state index in [0.717, 1.165) is 21.8 Å². The van der Waals surface area contributed by atoms with Gasteiger partial charge in [-0.3, -0.25) is 9.69 Å². The van der Waals surface area contributed by atoms with Crippen LogP contribution in [-0.2, 0) is 16.4 Å². The smallest absolute Gasteiger partial charge is 0.232 e. The van der Waals surface area contributed by atoms with Crippen molar-refractivity contribution in [2.45, 2.75) is 25.9 Å². The van der Waals surface area contributed by atoms with Crippen molar-refractivity contribution in [3.8, 4) is 11.5 Å². The average Bonchev–Trinajstić information content (AvgIpc) is 3.37. The number of carbonyl (C=O) groups is 1. The average molecular weight is 418 g/mol. The van der Waals surface area contributed by atoms with Crippen LogP contribution >= 0.6 is 11.3 Å². The Bertz CT molecular complexity index is 1100. The Labute approximate surface area is 167 Å². The number of thiophene rings is 1. The van der Waals surface area contributed by atoms with Crippen LogP contribution in [-0.4, -0.2) is 43.4 Å². The first kappa shape index (κ1) is 17.9. The van der Waals surface area contributed by atoms with Gasteiger partial charge in [-0.2, -0.15) is 0 Å². The van der Waals surface area contributed by atoms with Gasteiger partial charge in [-0.05, 0) is 30.9 Å². The first-order valence-corrected chi connectivity index (χ1v) is 11.8. The summed E-state index contributed by atoms with van der Waals surface area (Å²) in [7, 11) is -2.96. The van der Waals surface area contributed by atoms with Crippen LogP contribution in [0, 0.1) is 6.92 Å². The molecule has 1 unspecified atom stereocenters. The van der Waals surface area contributed by atoms with Gasteiger partial charge in [0.05, 0.1) is 17.1 Å². The number of hydrogen-bond acceptors (Lipinski definition) is 7. The SMILES string of the molecule is Cc1c2c(cc3c1O/C(=C\c1cccs1)C3=O)CN(C1CCS(=O)(=O)C1)CO2. The fourth-order valence-corrected chi connectivity index (χ4v) is 6.47. The van der Waals surface area contributed by atoms with Crippen molar-refractivity contribution in [3.63, 3.8) is 0 Å². The maximum absolute atomic E-state index is 12.9. The number of carbonyl (C=O) groups excluding carboxylic acids is 1. The highest BCUT2D eigenvalue weighted by atomic mass is 32.2. The van der Waals surface area contributed by atoms with Crippen LogP contribution in [0.3, 0.4) is 0 Å². The molecule has 1 saturated heterocycles. The van der Waals surface area contributed by atoms with Crippen LogP contribution < -0.4 is 9.47 Å². The van der Waals surface area contributed by atoms with Crippen molar-refractivity contribution in [3.05, 3.63) is 50.9 Å². The van der Waals surface area contributed by atoms with E-state index in [-0.39, 0.29) is 23.3 Å². The molecule has 1 fully saturated rings. The molecule has 0 spiro atoms. The zero-order valence-corrected chi connectivity index (χ0v) is 16.9. The van der Waals surface area contributed by atoms with Crippen LogP contribution in [0.5, 0.6) is 11.5 Å². The van der Waals surface area contributed by atoms with E-state index < -0.39 is 9.84 Å². The number of fused-ring (bicyclic) bond motifs is 2. The first-order valence-electron chi connectivity index (χ1n) is 9.13. The maximum Gasteiger partial charge on any atom is 0.232 e. The molecule has 1 aromatic heterocycles. The molecule has 2 aromatic rings. The molecule has 0 aliphatic carbocycles. The lowest BCUT2D eigenvalue weighted by Crippen LogP contribution is -2.41. The summed E-state index contributed by atoms with van der Waals surface area (Å²) in [5.41, 5.74) is 2.26. The third-order valence-electron chi connectivity index (χ3n) is 5.51. The Hall–Kier alpha value is -2.16. The summed E-state index contributed by atoms with van der Waals surface area (Å²) < 4.78 is 35.5. The largest absolute Gasteiger partial charge is 0.477 e. The van der Waals surface area contributed by atoms with Gasteiger partial charge < -0.3 is 9.47 Å². The minimum absolute atomic E-state index is 0.0343. The van der Waals surface area contributed by atoms with Crippen LogP contribution in [0.2, 0.25) is 0 Å². The molecule has 0 bridgehead atoms. The molecular weight excluding hydrogens is 398 g/mol. The van der Waals surface area contributed by atoms with Crippen molar-refractivity contribution in [2.75, 3.05) is 18.2 Å². The lowest BCUT2D eigenvalue weighted by atomic mass is 9.99. The molecular formula is C20H19NO5S2. The monoisotopic (exact) mass is 417 g/mol. The quantitative estimate of drug-likeness (QED) is 0.700. The van der Waals surface area contributed by atoms with Gasteiger partial charge >= 0.3 is 0 Å². The Morgan fingerprint density at radius 2 is 2.18 bits per heavy atom. The zero-order valence-electron chi connectivity index (χ0n) is 15.3. The van der Waals surface area contributed by atoms with Crippen molar-refractivity contribution >= 4 is 33.0 Å². The van der Waals surface area contributed by atoms with Gasteiger partial charge in [0.15, 0.2) is 15.6 Å². The fourth-order valence-electron chi connectivity index (χ4n) is 4.07. The normalized spacial score (nSPS) is 24.7. The predicted octanol–water partition coefficient (Wildman–Crippen LogP) is 3.01. The molecule has 6 nitrogen and oxygen atoms in total. The summed E-state index contributed by atoms with van der Waals surface area (Å²) in [6, 6.07) is 5.67. The molecule has 146 valence electrons. The second-order valence-electron chi connectivity index (χ2n) is 7.40. The zero-order chi connectivity index (χ0) is 19.5. The van der Waals surface area contributed by atoms with E-state index in [1.807, 2.05) is 35.4 Å². The summed E-state index contributed by atoms with van der Waals surface area (Å²) in [5.74, 6) is 1.89. The van der Waals surface area contributed by atoms with Gasteiger partial charge in [-0.15, -0.1) is 11.3 Å². The van der Waals surface area contributed by atoms with Crippen molar-refractivity contribution < 1.29 is 22.7 Å². The number of ether oxygens (including phenoxy) is 2. The predicted molar refractivity (Wildman–Crippen MR) is 107 cm³/mol. The summed E-state index contributed by atoms with van der Waals surface area (Å²) >= 11 is 1.55. The van der Waals surface area contributed by atoms with Crippen LogP contribution in [0.25, 0.3) is 6.08 Å². The topological polar surface area (TPSA) is 72.9 Å². The fraction of sp³-hybridized carbons (Fsp3) is 0.350. The number of benzene rings is 1. The second-order valence-corrected chi connectivity index (χ2v) is 10.6. The minimum Gasteiger partial charge on any atom is -0.477 e. The van der Waals surface area contributed by atoms with Gasteiger partial charge in [-0.1, -0.05) is 6.07 Å². The van der Waals surface area contributed by atoms with Crippen molar-refractivity contribution in [1.82, 2.24) is 4.90 Å². The number of ketones is 1. The molecule has 28 heavy (non-hydrogen) atoms. The molecule has 0 radical (unpaired) electrons. The third kappa shape index (κ3) is 2.96. The summed E-state index contributed by atoms with van der Waals surface area (Å²) in [5, 5.41) is 1.95. The number of rotatable bonds is 2. The molecule has 1 atom stereocenters. The number of hydrogen-bond donors (Lipinski definition) is 0. The molecule has 5 rings (SSSR count). The van der Waals surface area contributed by atoms with Crippen LogP contribution in [0.1, 0.15) is 32.8 Å². The molecule has 0 amide bonds. The molecule has 1 aromatic carbocycles. The number of allylic oxidation sites excluding steroid dienone is 1. The summed E-state index contributed by atoms with van der Waals surface area (Å²) in [6.45, 7) is 2.81. The van der Waals surface area contributed by atoms with Crippen molar-refractivity contribution in [1.29, 1.82) is 0 Å². The lowest BCUT2D eigenvalue weighted by Gasteiger charge is -2.33. The van der Waals surface area contributed by atoms with E-state index in [1.165, 1.54) is 0 Å². The lowest BCUT2D eigenvalue weighted by molar-refractivity contribution is 0.0637. The van der Waals surface area contributed by atoms with E-state index in [9.17, 15) is 13.2 Å².